The molecular weight excluding hydrogens is 242 g/mol. The molecule has 2 aromatic rings. The van der Waals surface area contributed by atoms with Gasteiger partial charge in [-0.1, -0.05) is 0 Å². The number of aromatic amines is 1. The van der Waals surface area contributed by atoms with E-state index in [9.17, 15) is 4.79 Å². The van der Waals surface area contributed by atoms with Crippen LogP contribution in [0, 0.1) is 6.92 Å². The number of amides is 1. The molecule has 100 valence electrons. The van der Waals surface area contributed by atoms with Crippen molar-refractivity contribution in [1.29, 1.82) is 0 Å². The molecule has 5 nitrogen and oxygen atoms in total. The maximum Gasteiger partial charge on any atom is 0.273 e. The minimum absolute atomic E-state index is 0.133. The molecule has 0 spiro atoms. The Hall–Kier alpha value is -2.30. The lowest BCUT2D eigenvalue weighted by atomic mass is 10.3. The highest BCUT2D eigenvalue weighted by molar-refractivity contribution is 6.02. The van der Waals surface area contributed by atoms with Gasteiger partial charge in [-0.15, -0.1) is 0 Å². The van der Waals surface area contributed by atoms with Crippen LogP contribution in [0.4, 0.5) is 5.69 Å². The third-order valence-corrected chi connectivity index (χ3v) is 2.43. The molecule has 0 fully saturated rings. The average molecular weight is 259 g/mol. The molecule has 2 N–H and O–H groups in total. The Balaban J connectivity index is 2.01. The Morgan fingerprint density at radius 2 is 2.00 bits per heavy atom. The van der Waals surface area contributed by atoms with Gasteiger partial charge in [0, 0.05) is 5.69 Å². The third kappa shape index (κ3) is 3.58. The van der Waals surface area contributed by atoms with E-state index in [0.717, 1.165) is 5.75 Å². The first kappa shape index (κ1) is 13.1. The van der Waals surface area contributed by atoms with E-state index in [-0.39, 0.29) is 12.0 Å². The number of hydrogen-bond donors (Lipinski definition) is 2. The zero-order chi connectivity index (χ0) is 13.8. The second-order valence-corrected chi connectivity index (χ2v) is 4.53. The summed E-state index contributed by atoms with van der Waals surface area (Å²) in [7, 11) is 0. The quantitative estimate of drug-likeness (QED) is 0.887. The van der Waals surface area contributed by atoms with Crippen LogP contribution in [-0.2, 0) is 0 Å². The van der Waals surface area contributed by atoms with Gasteiger partial charge in [-0.3, -0.25) is 4.79 Å². The van der Waals surface area contributed by atoms with Crippen LogP contribution in [0.3, 0.4) is 0 Å². The molecule has 2 rings (SSSR count). The van der Waals surface area contributed by atoms with E-state index in [1.165, 1.54) is 6.20 Å². The van der Waals surface area contributed by atoms with E-state index < -0.39 is 0 Å². The fourth-order valence-electron chi connectivity index (χ4n) is 1.62. The van der Waals surface area contributed by atoms with Crippen LogP contribution in [0.1, 0.15) is 30.2 Å². The number of anilines is 1. The van der Waals surface area contributed by atoms with Crippen LogP contribution in [0.2, 0.25) is 0 Å². The number of H-pyrrole nitrogens is 1. The van der Waals surface area contributed by atoms with E-state index in [0.29, 0.717) is 17.2 Å². The lowest BCUT2D eigenvalue weighted by molar-refractivity contribution is 0.102. The van der Waals surface area contributed by atoms with E-state index in [2.05, 4.69) is 15.3 Å². The highest BCUT2D eigenvalue weighted by Crippen LogP contribution is 2.17. The number of aryl methyl sites for hydroxylation is 1. The largest absolute Gasteiger partial charge is 0.491 e. The molecule has 0 atom stereocenters. The lowest BCUT2D eigenvalue weighted by Crippen LogP contribution is -2.12. The molecule has 1 heterocycles. The number of nitrogens with zero attached hydrogens (tertiary/aromatic N) is 1. The second-order valence-electron chi connectivity index (χ2n) is 4.53. The van der Waals surface area contributed by atoms with E-state index >= 15 is 0 Å². The fraction of sp³-hybridized carbons (Fsp3) is 0.286. The molecule has 5 heteroatoms. The topological polar surface area (TPSA) is 67.0 Å². The van der Waals surface area contributed by atoms with Gasteiger partial charge in [-0.05, 0) is 45.0 Å². The molecule has 1 aromatic heterocycles. The van der Waals surface area contributed by atoms with Crippen LogP contribution in [-0.4, -0.2) is 22.0 Å². The molecule has 0 bridgehead atoms. The summed E-state index contributed by atoms with van der Waals surface area (Å²) < 4.78 is 5.53. The molecule has 1 amide bonds. The number of imidazole rings is 1. The molecule has 0 aliphatic carbocycles. The van der Waals surface area contributed by atoms with Crippen LogP contribution < -0.4 is 10.1 Å². The van der Waals surface area contributed by atoms with Crippen molar-refractivity contribution < 1.29 is 9.53 Å². The Labute approximate surface area is 112 Å². The SMILES string of the molecule is Cc1ncc(C(=O)Nc2ccc(OC(C)C)cc2)[nH]1. The number of hydrogen-bond acceptors (Lipinski definition) is 3. The predicted octanol–water partition coefficient (Wildman–Crippen LogP) is 2.76. The molecule has 0 unspecified atom stereocenters. The van der Waals surface area contributed by atoms with Crippen LogP contribution in [0.15, 0.2) is 30.5 Å². The number of rotatable bonds is 4. The summed E-state index contributed by atoms with van der Waals surface area (Å²) in [6, 6.07) is 7.26. The first-order valence-corrected chi connectivity index (χ1v) is 6.14. The van der Waals surface area contributed by atoms with Crippen molar-refractivity contribution in [2.24, 2.45) is 0 Å². The van der Waals surface area contributed by atoms with Gasteiger partial charge in [0.25, 0.3) is 5.91 Å². The minimum Gasteiger partial charge on any atom is -0.491 e. The molecule has 19 heavy (non-hydrogen) atoms. The smallest absolute Gasteiger partial charge is 0.273 e. The van der Waals surface area contributed by atoms with Crippen LogP contribution in [0.25, 0.3) is 0 Å². The van der Waals surface area contributed by atoms with Crippen LogP contribution >= 0.6 is 0 Å². The van der Waals surface area contributed by atoms with E-state index in [1.807, 2.05) is 26.0 Å². The molecule has 0 saturated carbocycles. The number of aromatic nitrogens is 2. The van der Waals surface area contributed by atoms with Crippen molar-refractivity contribution in [3.8, 4) is 5.75 Å². The summed E-state index contributed by atoms with van der Waals surface area (Å²) >= 11 is 0. The third-order valence-electron chi connectivity index (χ3n) is 2.43. The summed E-state index contributed by atoms with van der Waals surface area (Å²) in [4.78, 5) is 18.8. The zero-order valence-electron chi connectivity index (χ0n) is 11.2. The predicted molar refractivity (Wildman–Crippen MR) is 73.5 cm³/mol. The van der Waals surface area contributed by atoms with Crippen molar-refractivity contribution in [2.75, 3.05) is 5.32 Å². The molecule has 0 aliphatic rings. The van der Waals surface area contributed by atoms with E-state index in [4.69, 9.17) is 4.74 Å². The number of carbonyl (C=O) groups is 1. The molecule has 0 radical (unpaired) electrons. The van der Waals surface area contributed by atoms with Crippen molar-refractivity contribution >= 4 is 11.6 Å². The minimum atomic E-state index is -0.210. The number of benzene rings is 1. The molecule has 0 aliphatic heterocycles. The lowest BCUT2D eigenvalue weighted by Gasteiger charge is -2.10. The Morgan fingerprint density at radius 1 is 1.32 bits per heavy atom. The monoisotopic (exact) mass is 259 g/mol. The summed E-state index contributed by atoms with van der Waals surface area (Å²) in [5, 5.41) is 2.79. The van der Waals surface area contributed by atoms with Crippen molar-refractivity contribution in [1.82, 2.24) is 9.97 Å². The van der Waals surface area contributed by atoms with Gasteiger partial charge >= 0.3 is 0 Å². The van der Waals surface area contributed by atoms with Gasteiger partial charge in [0.15, 0.2) is 0 Å². The van der Waals surface area contributed by atoms with Gasteiger partial charge in [-0.2, -0.15) is 0 Å². The molecule has 0 saturated heterocycles. The van der Waals surface area contributed by atoms with Gasteiger partial charge < -0.3 is 15.0 Å². The molecule has 1 aromatic carbocycles. The highest BCUT2D eigenvalue weighted by Gasteiger charge is 2.08. The Morgan fingerprint density at radius 3 is 2.53 bits per heavy atom. The summed E-state index contributed by atoms with van der Waals surface area (Å²) in [6.45, 7) is 5.74. The Kier molecular flexibility index (Phi) is 3.85. The first-order chi connectivity index (χ1) is 9.04. The summed E-state index contributed by atoms with van der Waals surface area (Å²) in [6.07, 6.45) is 1.65. The highest BCUT2D eigenvalue weighted by atomic mass is 16.5. The average Bonchev–Trinajstić information content (AvgIpc) is 2.78. The summed E-state index contributed by atoms with van der Waals surface area (Å²) in [5.41, 5.74) is 1.16. The van der Waals surface area contributed by atoms with Crippen LogP contribution in [0.5, 0.6) is 5.75 Å². The second kappa shape index (κ2) is 5.56. The summed E-state index contributed by atoms with van der Waals surface area (Å²) in [5.74, 6) is 1.29. The van der Waals surface area contributed by atoms with Crippen molar-refractivity contribution in [3.05, 3.63) is 42.0 Å². The van der Waals surface area contributed by atoms with Gasteiger partial charge in [0.1, 0.15) is 17.3 Å². The number of carbonyl (C=O) groups excluding carboxylic acids is 1. The fourth-order valence-corrected chi connectivity index (χ4v) is 1.62. The van der Waals surface area contributed by atoms with E-state index in [1.54, 1.807) is 19.1 Å². The maximum atomic E-state index is 11.9. The van der Waals surface area contributed by atoms with Gasteiger partial charge in [0.05, 0.1) is 12.3 Å². The Bertz CT molecular complexity index is 558. The number of nitrogens with one attached hydrogen (secondary N) is 2. The van der Waals surface area contributed by atoms with Gasteiger partial charge in [-0.25, -0.2) is 4.98 Å². The zero-order valence-corrected chi connectivity index (χ0v) is 11.2. The normalized spacial score (nSPS) is 10.5. The van der Waals surface area contributed by atoms with Crippen molar-refractivity contribution in [3.63, 3.8) is 0 Å². The maximum absolute atomic E-state index is 11.9. The van der Waals surface area contributed by atoms with Gasteiger partial charge in [0.2, 0.25) is 0 Å². The number of ether oxygens (including phenoxy) is 1. The first-order valence-electron chi connectivity index (χ1n) is 6.14. The molecular formula is C14H17N3O2. The standard InChI is InChI=1S/C14H17N3O2/c1-9(2)19-12-6-4-11(5-7-12)17-14(18)13-8-15-10(3)16-13/h4-9H,1-3H3,(H,15,16)(H,17,18). The van der Waals surface area contributed by atoms with Crippen molar-refractivity contribution in [2.45, 2.75) is 26.9 Å².